The molecule has 8 N–H and O–H groups in total. The van der Waals surface area contributed by atoms with Crippen LogP contribution < -0.4 is 0 Å². The number of carbonyl (C=O) groups is 2. The third-order valence-electron chi connectivity index (χ3n) is 3.71. The van der Waals surface area contributed by atoms with Crippen molar-refractivity contribution in [3.63, 3.8) is 0 Å². The molecular formula is C10H24O12P2. The third-order valence-corrected chi connectivity index (χ3v) is 10.8. The van der Waals surface area contributed by atoms with Gasteiger partial charge in [-0.05, 0) is 0 Å². The van der Waals surface area contributed by atoms with Gasteiger partial charge in [0.05, 0.1) is 0 Å². The van der Waals surface area contributed by atoms with Crippen LogP contribution in [0.2, 0.25) is 0 Å². The van der Waals surface area contributed by atoms with Crippen LogP contribution in [0.5, 0.6) is 0 Å². The Hall–Kier alpha value is -0.520. The quantitative estimate of drug-likeness (QED) is 0.134. The van der Waals surface area contributed by atoms with Gasteiger partial charge in [-0.15, -0.1) is 0 Å². The van der Waals surface area contributed by atoms with Gasteiger partial charge < -0.3 is 0 Å². The summed E-state index contributed by atoms with van der Waals surface area (Å²) in [4.78, 5) is 23.7. The van der Waals surface area contributed by atoms with Gasteiger partial charge in [0.15, 0.2) is 0 Å². The molecule has 0 fully saturated rings. The molecule has 0 saturated heterocycles. The fourth-order valence-electron chi connectivity index (χ4n) is 1.31. The van der Waals surface area contributed by atoms with Crippen molar-refractivity contribution < 1.29 is 59.5 Å². The Balaban J connectivity index is 5.58. The molecule has 0 spiro atoms. The van der Waals surface area contributed by atoms with Gasteiger partial charge in [-0.25, -0.2) is 0 Å². The number of carbonyl (C=O) groups excluding carboxylic acids is 2. The fraction of sp³-hybridized carbons (Fsp3) is 0.800. The molecule has 0 amide bonds. The van der Waals surface area contributed by atoms with Gasteiger partial charge in [0.25, 0.3) is 0 Å². The summed E-state index contributed by atoms with van der Waals surface area (Å²) in [5.74, 6) is -3.70. The first-order valence-electron chi connectivity index (χ1n) is 6.49. The predicted molar refractivity (Wildman–Crippen MR) is 82.7 cm³/mol. The van der Waals surface area contributed by atoms with Crippen LogP contribution in [0.25, 0.3) is 0 Å². The molecule has 0 aromatic heterocycles. The van der Waals surface area contributed by atoms with Crippen LogP contribution in [0.3, 0.4) is 0 Å². The van der Waals surface area contributed by atoms with Gasteiger partial charge in [-0.1, -0.05) is 0 Å². The van der Waals surface area contributed by atoms with Crippen molar-refractivity contribution in [3.05, 3.63) is 0 Å². The second-order valence-electron chi connectivity index (χ2n) is 5.60. The van der Waals surface area contributed by atoms with Crippen molar-refractivity contribution >= 4 is 25.6 Å². The monoisotopic (exact) mass is 398 g/mol. The Morgan fingerprint density at radius 2 is 0.667 bits per heavy atom. The Labute approximate surface area is 136 Å². The molecule has 14 heteroatoms. The molecule has 0 atom stereocenters. The van der Waals surface area contributed by atoms with E-state index in [1.165, 1.54) is 0 Å². The zero-order chi connectivity index (χ0) is 19.1. The second-order valence-corrected chi connectivity index (χ2v) is 15.7. The van der Waals surface area contributed by atoms with Gasteiger partial charge in [0.1, 0.15) is 0 Å². The van der Waals surface area contributed by atoms with Crippen LogP contribution >= 0.6 is 13.7 Å². The van der Waals surface area contributed by atoms with E-state index in [1.54, 1.807) is 0 Å². The Bertz CT molecular complexity index is 372. The van der Waals surface area contributed by atoms with Crippen LogP contribution in [0.1, 0.15) is 0 Å². The molecule has 0 radical (unpaired) electrons. The molecule has 0 rings (SSSR count). The minimum absolute atomic E-state index is 1.13. The van der Waals surface area contributed by atoms with Crippen LogP contribution in [-0.4, -0.2) is 104 Å². The average molecular weight is 398 g/mol. The molecule has 0 aromatic rings. The summed E-state index contributed by atoms with van der Waals surface area (Å²) in [5.41, 5.74) is 0. The zero-order valence-corrected chi connectivity index (χ0v) is 14.6. The minimum atomic E-state index is -4.65. The molecule has 24 heavy (non-hydrogen) atoms. The fourth-order valence-corrected chi connectivity index (χ4v) is 3.93. The molecule has 0 unspecified atom stereocenters. The van der Waals surface area contributed by atoms with Crippen molar-refractivity contribution in [2.75, 3.05) is 50.8 Å². The number of aliphatic hydroxyl groups excluding tert-OH is 8. The number of hydrogen-bond donors (Lipinski definition) is 8. The second kappa shape index (κ2) is 8.24. The van der Waals surface area contributed by atoms with E-state index in [4.69, 9.17) is 0 Å². The molecular weight excluding hydrogens is 374 g/mol. The van der Waals surface area contributed by atoms with Crippen molar-refractivity contribution in [2.24, 2.45) is 0 Å². The molecule has 0 aliphatic carbocycles. The molecule has 0 aromatic carbocycles. The summed E-state index contributed by atoms with van der Waals surface area (Å²) in [7, 11) is 0. The van der Waals surface area contributed by atoms with E-state index in [9.17, 15) is 50.4 Å². The summed E-state index contributed by atoms with van der Waals surface area (Å²) in [5, 5.41) is 74.6. The maximum atomic E-state index is 11.9. The zero-order valence-electron chi connectivity index (χ0n) is 12.8. The maximum absolute atomic E-state index is 11.9. The van der Waals surface area contributed by atoms with E-state index in [0.29, 0.717) is 0 Å². The molecule has 0 saturated carbocycles. The summed E-state index contributed by atoms with van der Waals surface area (Å²) < 4.78 is 9.33. The topological polar surface area (TPSA) is 214 Å². The van der Waals surface area contributed by atoms with Gasteiger partial charge in [0.2, 0.25) is 0 Å². The number of hydrogen-bond acceptors (Lipinski definition) is 12. The Morgan fingerprint density at radius 3 is 0.792 bits per heavy atom. The van der Waals surface area contributed by atoms with Crippen molar-refractivity contribution in [1.29, 1.82) is 0 Å². The molecule has 12 nitrogen and oxygen atoms in total. The van der Waals surface area contributed by atoms with E-state index in [1.807, 2.05) is 0 Å². The van der Waals surface area contributed by atoms with Crippen molar-refractivity contribution in [1.82, 2.24) is 0 Å². The van der Waals surface area contributed by atoms with Crippen LogP contribution in [0, 0.1) is 0 Å². The van der Waals surface area contributed by atoms with Gasteiger partial charge in [0, 0.05) is 0 Å². The third kappa shape index (κ3) is 4.00. The standard InChI is InChI=1S/C10H24O12P2/c11-1-23(2-12,3-13,4-14)21-9(19)10(20)22-24(5-15,6-16,7-17)8-18/h11-18H,1-8H2. The summed E-state index contributed by atoms with van der Waals surface area (Å²) in [6.07, 6.45) is -9.02. The predicted octanol–water partition coefficient (Wildman–Crippen LogP) is -3.39. The summed E-state index contributed by atoms with van der Waals surface area (Å²) in [6, 6.07) is 0. The van der Waals surface area contributed by atoms with Crippen molar-refractivity contribution in [3.8, 4) is 0 Å². The van der Waals surface area contributed by atoms with Crippen LogP contribution in [0.4, 0.5) is 0 Å². The van der Waals surface area contributed by atoms with Gasteiger partial charge in [-0.2, -0.15) is 0 Å². The molecule has 0 aliphatic rings. The van der Waals surface area contributed by atoms with Crippen LogP contribution in [-0.2, 0) is 18.6 Å². The van der Waals surface area contributed by atoms with Crippen molar-refractivity contribution in [2.45, 2.75) is 0 Å². The molecule has 0 bridgehead atoms. The first-order valence-corrected chi connectivity index (χ1v) is 12.3. The molecule has 0 aliphatic heterocycles. The molecule has 0 heterocycles. The first-order chi connectivity index (χ1) is 11.1. The van der Waals surface area contributed by atoms with E-state index in [2.05, 4.69) is 9.05 Å². The van der Waals surface area contributed by atoms with Crippen LogP contribution in [0.15, 0.2) is 0 Å². The number of rotatable bonds is 10. The Morgan fingerprint density at radius 1 is 0.500 bits per heavy atom. The Kier molecular flexibility index (Phi) is 8.06. The summed E-state index contributed by atoms with van der Waals surface area (Å²) >= 11 is 0. The first kappa shape index (κ1) is 23.5. The molecule has 146 valence electrons. The van der Waals surface area contributed by atoms with E-state index < -0.39 is 76.4 Å². The SMILES string of the molecule is O=C(OP(CO)(CO)(CO)CO)C(=O)OP(CO)(CO)(CO)CO. The summed E-state index contributed by atoms with van der Waals surface area (Å²) in [6.45, 7) is -9.31. The average Bonchev–Trinajstić information content (AvgIpc) is 2.65. The van der Waals surface area contributed by atoms with E-state index >= 15 is 0 Å². The van der Waals surface area contributed by atoms with E-state index in [0.717, 1.165) is 0 Å². The van der Waals surface area contributed by atoms with E-state index in [-0.39, 0.29) is 0 Å². The number of aliphatic hydroxyl groups is 8. The van der Waals surface area contributed by atoms with Gasteiger partial charge in [-0.3, -0.25) is 0 Å². The van der Waals surface area contributed by atoms with Gasteiger partial charge >= 0.3 is 136 Å². The normalized spacial score (nSPS) is 15.7.